The normalized spacial score (nSPS) is 10.8. The van der Waals surface area contributed by atoms with Crippen LogP contribution in [-0.2, 0) is 19.3 Å². The van der Waals surface area contributed by atoms with Crippen LogP contribution in [0.4, 0.5) is 0 Å². The molecule has 2 heteroatoms. The van der Waals surface area contributed by atoms with Crippen molar-refractivity contribution in [1.82, 2.24) is 0 Å². The van der Waals surface area contributed by atoms with Crippen molar-refractivity contribution in [2.75, 3.05) is 12.4 Å². The third kappa shape index (κ3) is 5.23. The molecule has 0 radical (unpaired) electrons. The highest BCUT2D eigenvalue weighted by atomic mass is 32.2. The molecule has 0 fully saturated rings. The minimum atomic E-state index is 0.223. The number of hydrogen-bond donors (Lipinski definition) is 1. The Kier molecular flexibility index (Phi) is 6.93. The van der Waals surface area contributed by atoms with Gasteiger partial charge in [0.05, 0.1) is 6.61 Å². The maximum Gasteiger partial charge on any atom is 0.0525 e. The van der Waals surface area contributed by atoms with E-state index in [1.165, 1.54) is 32.7 Å². The van der Waals surface area contributed by atoms with E-state index in [4.69, 9.17) is 5.11 Å². The van der Waals surface area contributed by atoms with Crippen molar-refractivity contribution in [2.45, 2.75) is 31.1 Å². The Morgan fingerprint density at radius 3 is 2.04 bits per heavy atom. The molecule has 0 aliphatic rings. The third-order valence-electron chi connectivity index (χ3n) is 4.72. The molecule has 3 rings (SSSR count). The molecule has 1 N–H and O–H groups in total. The topological polar surface area (TPSA) is 20.2 Å². The molecule has 0 atom stereocenters. The van der Waals surface area contributed by atoms with Crippen LogP contribution in [0.1, 0.15) is 27.8 Å². The molecular weight excluding hydrogens is 336 g/mol. The molecule has 0 saturated heterocycles. The van der Waals surface area contributed by atoms with E-state index >= 15 is 0 Å². The van der Waals surface area contributed by atoms with Crippen molar-refractivity contribution in [1.29, 1.82) is 0 Å². The van der Waals surface area contributed by atoms with E-state index in [1.54, 1.807) is 11.8 Å². The first-order valence-corrected chi connectivity index (χ1v) is 10.2. The Bertz CT molecular complexity index is 824. The second-order valence-corrected chi connectivity index (χ2v) is 7.76. The zero-order valence-electron chi connectivity index (χ0n) is 15.3. The van der Waals surface area contributed by atoms with Gasteiger partial charge in [-0.05, 0) is 66.1 Å². The smallest absolute Gasteiger partial charge is 0.0525 e. The molecule has 0 aliphatic heterocycles. The van der Waals surface area contributed by atoms with Gasteiger partial charge in [-0.2, -0.15) is 0 Å². The van der Waals surface area contributed by atoms with Gasteiger partial charge in [0.25, 0.3) is 0 Å². The summed E-state index contributed by atoms with van der Waals surface area (Å²) >= 11 is 1.70. The van der Waals surface area contributed by atoms with Gasteiger partial charge in [-0.3, -0.25) is 0 Å². The Morgan fingerprint density at radius 2 is 1.35 bits per heavy atom. The fourth-order valence-corrected chi connectivity index (χ4v) is 3.88. The maximum atomic E-state index is 8.94. The molecule has 0 heterocycles. The van der Waals surface area contributed by atoms with Gasteiger partial charge in [-0.15, -0.1) is 11.8 Å². The van der Waals surface area contributed by atoms with E-state index < -0.39 is 0 Å². The van der Waals surface area contributed by atoms with Crippen LogP contribution in [0.3, 0.4) is 0 Å². The van der Waals surface area contributed by atoms with Crippen molar-refractivity contribution < 1.29 is 5.11 Å². The van der Waals surface area contributed by atoms with Gasteiger partial charge in [0.2, 0.25) is 0 Å². The average Bonchev–Trinajstić information content (AvgIpc) is 2.68. The summed E-state index contributed by atoms with van der Waals surface area (Å²) in [5, 5.41) is 8.94. The molecule has 0 unspecified atom stereocenters. The summed E-state index contributed by atoms with van der Waals surface area (Å²) < 4.78 is 0. The Labute approximate surface area is 161 Å². The summed E-state index contributed by atoms with van der Waals surface area (Å²) in [4.78, 5) is 1.22. The van der Waals surface area contributed by atoms with Crippen LogP contribution >= 0.6 is 11.8 Å². The highest BCUT2D eigenvalue weighted by Gasteiger charge is 2.05. The minimum Gasteiger partial charge on any atom is -0.396 e. The van der Waals surface area contributed by atoms with Gasteiger partial charge in [-0.25, -0.2) is 0 Å². The SMILES string of the molecule is Cc1ccccc1CCc1ccccc1Cc1ccc(SCCO)cc1. The van der Waals surface area contributed by atoms with Crippen LogP contribution in [0, 0.1) is 6.92 Å². The van der Waals surface area contributed by atoms with E-state index in [0.29, 0.717) is 0 Å². The zero-order valence-corrected chi connectivity index (χ0v) is 16.1. The van der Waals surface area contributed by atoms with Gasteiger partial charge >= 0.3 is 0 Å². The van der Waals surface area contributed by atoms with Crippen LogP contribution < -0.4 is 0 Å². The minimum absolute atomic E-state index is 0.223. The van der Waals surface area contributed by atoms with Crippen LogP contribution in [0.15, 0.2) is 77.7 Å². The molecule has 0 aliphatic carbocycles. The van der Waals surface area contributed by atoms with E-state index in [-0.39, 0.29) is 6.61 Å². The molecule has 0 bridgehead atoms. The summed E-state index contributed by atoms with van der Waals surface area (Å²) in [6.07, 6.45) is 3.13. The monoisotopic (exact) mass is 362 g/mol. The lowest BCUT2D eigenvalue weighted by Crippen LogP contribution is -1.99. The number of aryl methyl sites for hydroxylation is 3. The lowest BCUT2D eigenvalue weighted by atomic mass is 9.94. The zero-order chi connectivity index (χ0) is 18.2. The van der Waals surface area contributed by atoms with Crippen LogP contribution in [0.25, 0.3) is 0 Å². The van der Waals surface area contributed by atoms with Crippen molar-refractivity contribution in [3.05, 3.63) is 101 Å². The molecule has 0 spiro atoms. The summed E-state index contributed by atoms with van der Waals surface area (Å²) in [6.45, 7) is 2.41. The van der Waals surface area contributed by atoms with Gasteiger partial charge in [0.1, 0.15) is 0 Å². The number of thioether (sulfide) groups is 1. The van der Waals surface area contributed by atoms with Gasteiger partial charge in [-0.1, -0.05) is 60.7 Å². The summed E-state index contributed by atoms with van der Waals surface area (Å²) in [5.74, 6) is 0.751. The van der Waals surface area contributed by atoms with Crippen molar-refractivity contribution in [3.63, 3.8) is 0 Å². The first-order valence-electron chi connectivity index (χ1n) is 9.20. The molecule has 0 amide bonds. The molecule has 134 valence electrons. The molecule has 3 aromatic rings. The number of benzene rings is 3. The number of aliphatic hydroxyl groups is 1. The molecule has 0 aromatic heterocycles. The molecule has 3 aromatic carbocycles. The Morgan fingerprint density at radius 1 is 0.731 bits per heavy atom. The first-order chi connectivity index (χ1) is 12.8. The molecular formula is C24H26OS. The summed E-state index contributed by atoms with van der Waals surface area (Å²) in [5.41, 5.74) is 7.00. The maximum absolute atomic E-state index is 8.94. The molecule has 26 heavy (non-hydrogen) atoms. The van der Waals surface area contributed by atoms with Gasteiger partial charge in [0.15, 0.2) is 0 Å². The van der Waals surface area contributed by atoms with E-state index in [0.717, 1.165) is 25.0 Å². The average molecular weight is 363 g/mol. The second kappa shape index (κ2) is 9.61. The third-order valence-corrected chi connectivity index (χ3v) is 5.71. The van der Waals surface area contributed by atoms with Crippen LogP contribution in [-0.4, -0.2) is 17.5 Å². The number of rotatable bonds is 8. The fraction of sp³-hybridized carbons (Fsp3) is 0.250. The van der Waals surface area contributed by atoms with E-state index in [2.05, 4.69) is 79.7 Å². The van der Waals surface area contributed by atoms with Gasteiger partial charge < -0.3 is 5.11 Å². The van der Waals surface area contributed by atoms with Gasteiger partial charge in [0, 0.05) is 10.6 Å². The number of aliphatic hydroxyl groups excluding tert-OH is 1. The predicted molar refractivity (Wildman–Crippen MR) is 112 cm³/mol. The predicted octanol–water partition coefficient (Wildman–Crippen LogP) is 5.46. The quantitative estimate of drug-likeness (QED) is 0.537. The standard InChI is InChI=1S/C24H26OS/c1-19-6-2-3-7-21(19)12-13-22-8-4-5-9-23(22)18-20-10-14-24(15-11-20)26-17-16-25/h2-11,14-15,25H,12-13,16-18H2,1H3. The highest BCUT2D eigenvalue weighted by Crippen LogP contribution is 2.21. The van der Waals surface area contributed by atoms with Crippen LogP contribution in [0.2, 0.25) is 0 Å². The molecule has 1 nitrogen and oxygen atoms in total. The largest absolute Gasteiger partial charge is 0.396 e. The van der Waals surface area contributed by atoms with Crippen LogP contribution in [0.5, 0.6) is 0 Å². The lowest BCUT2D eigenvalue weighted by Gasteiger charge is -2.11. The Balaban J connectivity index is 1.68. The molecule has 0 saturated carbocycles. The summed E-state index contributed by atoms with van der Waals surface area (Å²) in [7, 11) is 0. The van der Waals surface area contributed by atoms with Crippen molar-refractivity contribution in [3.8, 4) is 0 Å². The van der Waals surface area contributed by atoms with E-state index in [1.807, 2.05) is 0 Å². The van der Waals surface area contributed by atoms with E-state index in [9.17, 15) is 0 Å². The second-order valence-electron chi connectivity index (χ2n) is 6.59. The highest BCUT2D eigenvalue weighted by molar-refractivity contribution is 7.99. The first kappa shape index (κ1) is 18.8. The summed E-state index contributed by atoms with van der Waals surface area (Å²) in [6, 6.07) is 26.2. The fourth-order valence-electron chi connectivity index (χ4n) is 3.22. The Hall–Kier alpha value is -2.03. The number of hydrogen-bond acceptors (Lipinski definition) is 2. The van der Waals surface area contributed by atoms with Crippen molar-refractivity contribution in [2.24, 2.45) is 0 Å². The lowest BCUT2D eigenvalue weighted by molar-refractivity contribution is 0.322. The van der Waals surface area contributed by atoms with Crippen molar-refractivity contribution >= 4 is 11.8 Å².